The normalized spacial score (nSPS) is 38.4. The summed E-state index contributed by atoms with van der Waals surface area (Å²) in [5.74, 6) is 0.750. The summed E-state index contributed by atoms with van der Waals surface area (Å²) in [6.07, 6.45) is 5.37. The second-order valence-corrected chi connectivity index (χ2v) is 5.03. The van der Waals surface area contributed by atoms with Gasteiger partial charge in [-0.25, -0.2) is 0 Å². The van der Waals surface area contributed by atoms with Crippen molar-refractivity contribution in [1.82, 2.24) is 4.90 Å². The maximum absolute atomic E-state index is 5.99. The Labute approximate surface area is 93.0 Å². The van der Waals surface area contributed by atoms with Gasteiger partial charge in [-0.3, -0.25) is 0 Å². The Morgan fingerprint density at radius 1 is 1.40 bits per heavy atom. The van der Waals surface area contributed by atoms with E-state index in [0.717, 1.165) is 25.5 Å². The first-order chi connectivity index (χ1) is 7.29. The molecule has 0 aliphatic carbocycles. The van der Waals surface area contributed by atoms with E-state index in [2.05, 4.69) is 11.8 Å². The van der Waals surface area contributed by atoms with E-state index in [1.54, 1.807) is 0 Å². The fourth-order valence-electron chi connectivity index (χ4n) is 2.94. The molecule has 3 heteroatoms. The molecule has 3 unspecified atom stereocenters. The van der Waals surface area contributed by atoms with Crippen LogP contribution in [0.25, 0.3) is 0 Å². The molecular formula is C12H24N2O. The van der Waals surface area contributed by atoms with Crippen LogP contribution < -0.4 is 5.73 Å². The highest BCUT2D eigenvalue weighted by Gasteiger charge is 2.29. The van der Waals surface area contributed by atoms with E-state index in [1.165, 1.54) is 32.4 Å². The van der Waals surface area contributed by atoms with Crippen molar-refractivity contribution >= 4 is 0 Å². The Balaban J connectivity index is 1.80. The first-order valence-electron chi connectivity index (χ1n) is 6.39. The van der Waals surface area contributed by atoms with Gasteiger partial charge < -0.3 is 15.4 Å². The average molecular weight is 212 g/mol. The van der Waals surface area contributed by atoms with Gasteiger partial charge in [0.1, 0.15) is 0 Å². The Kier molecular flexibility index (Phi) is 4.00. The molecule has 2 aliphatic heterocycles. The zero-order chi connectivity index (χ0) is 10.7. The Morgan fingerprint density at radius 3 is 3.00 bits per heavy atom. The van der Waals surface area contributed by atoms with Gasteiger partial charge in [0.25, 0.3) is 0 Å². The highest BCUT2D eigenvalue weighted by molar-refractivity contribution is 4.82. The summed E-state index contributed by atoms with van der Waals surface area (Å²) in [7, 11) is 0. The van der Waals surface area contributed by atoms with Gasteiger partial charge in [-0.05, 0) is 38.1 Å². The van der Waals surface area contributed by atoms with Crippen molar-refractivity contribution in [3.05, 3.63) is 0 Å². The van der Waals surface area contributed by atoms with Crippen molar-refractivity contribution < 1.29 is 4.74 Å². The summed E-state index contributed by atoms with van der Waals surface area (Å²) >= 11 is 0. The maximum atomic E-state index is 5.99. The molecule has 2 fully saturated rings. The number of piperidine rings is 1. The van der Waals surface area contributed by atoms with Crippen LogP contribution in [0.5, 0.6) is 0 Å². The molecule has 0 bridgehead atoms. The molecule has 3 atom stereocenters. The van der Waals surface area contributed by atoms with Crippen LogP contribution in [0.3, 0.4) is 0 Å². The standard InChI is InChI=1S/C12H24N2O/c1-2-12-10(5-7-15-12)8-14-6-3-4-11(13)9-14/h10-12H,2-9,13H2,1H3. The minimum atomic E-state index is 0.404. The van der Waals surface area contributed by atoms with Crippen molar-refractivity contribution in [2.24, 2.45) is 11.7 Å². The molecule has 0 spiro atoms. The molecule has 2 rings (SSSR count). The number of hydrogen-bond donors (Lipinski definition) is 1. The summed E-state index contributed by atoms with van der Waals surface area (Å²) in [5.41, 5.74) is 5.99. The van der Waals surface area contributed by atoms with E-state index >= 15 is 0 Å². The molecule has 2 N–H and O–H groups in total. The summed E-state index contributed by atoms with van der Waals surface area (Å²) in [6, 6.07) is 0.404. The first-order valence-corrected chi connectivity index (χ1v) is 6.39. The molecule has 2 saturated heterocycles. The lowest BCUT2D eigenvalue weighted by molar-refractivity contribution is 0.0711. The van der Waals surface area contributed by atoms with Gasteiger partial charge in [-0.15, -0.1) is 0 Å². The van der Waals surface area contributed by atoms with Crippen molar-refractivity contribution in [2.45, 2.75) is 44.8 Å². The minimum Gasteiger partial charge on any atom is -0.378 e. The molecule has 2 heterocycles. The molecule has 3 nitrogen and oxygen atoms in total. The molecule has 0 aromatic heterocycles. The fraction of sp³-hybridized carbons (Fsp3) is 1.00. The number of hydrogen-bond acceptors (Lipinski definition) is 3. The highest BCUT2D eigenvalue weighted by Crippen LogP contribution is 2.25. The van der Waals surface area contributed by atoms with Crippen LogP contribution in [0.4, 0.5) is 0 Å². The number of ether oxygens (including phenoxy) is 1. The van der Waals surface area contributed by atoms with E-state index in [1.807, 2.05) is 0 Å². The van der Waals surface area contributed by atoms with E-state index in [4.69, 9.17) is 10.5 Å². The Morgan fingerprint density at radius 2 is 2.27 bits per heavy atom. The van der Waals surface area contributed by atoms with Gasteiger partial charge in [0.2, 0.25) is 0 Å². The Bertz CT molecular complexity index is 198. The average Bonchev–Trinajstić information content (AvgIpc) is 2.65. The van der Waals surface area contributed by atoms with Gasteiger partial charge in [-0.2, -0.15) is 0 Å². The third-order valence-corrected chi connectivity index (χ3v) is 3.78. The molecule has 0 aromatic rings. The van der Waals surface area contributed by atoms with Crippen LogP contribution in [-0.4, -0.2) is 43.3 Å². The summed E-state index contributed by atoms with van der Waals surface area (Å²) in [5, 5.41) is 0. The quantitative estimate of drug-likeness (QED) is 0.764. The molecule has 0 saturated carbocycles. The van der Waals surface area contributed by atoms with Crippen molar-refractivity contribution in [3.8, 4) is 0 Å². The van der Waals surface area contributed by atoms with E-state index < -0.39 is 0 Å². The second kappa shape index (κ2) is 5.28. The van der Waals surface area contributed by atoms with Crippen LogP contribution >= 0.6 is 0 Å². The number of nitrogens with zero attached hydrogens (tertiary/aromatic N) is 1. The minimum absolute atomic E-state index is 0.404. The van der Waals surface area contributed by atoms with Gasteiger partial charge in [0, 0.05) is 25.7 Å². The second-order valence-electron chi connectivity index (χ2n) is 5.03. The van der Waals surface area contributed by atoms with Crippen LogP contribution in [0.2, 0.25) is 0 Å². The fourth-order valence-corrected chi connectivity index (χ4v) is 2.94. The van der Waals surface area contributed by atoms with Crippen LogP contribution in [0, 0.1) is 5.92 Å². The number of likely N-dealkylation sites (tertiary alicyclic amines) is 1. The van der Waals surface area contributed by atoms with Crippen molar-refractivity contribution in [1.29, 1.82) is 0 Å². The number of rotatable bonds is 3. The molecule has 88 valence electrons. The predicted molar refractivity (Wildman–Crippen MR) is 61.8 cm³/mol. The lowest BCUT2D eigenvalue weighted by Gasteiger charge is -2.33. The first kappa shape index (κ1) is 11.4. The molecular weight excluding hydrogens is 188 g/mol. The van der Waals surface area contributed by atoms with Crippen LogP contribution in [-0.2, 0) is 4.74 Å². The third kappa shape index (κ3) is 2.92. The lowest BCUT2D eigenvalue weighted by Crippen LogP contribution is -2.45. The topological polar surface area (TPSA) is 38.5 Å². The van der Waals surface area contributed by atoms with Gasteiger partial charge >= 0.3 is 0 Å². The van der Waals surface area contributed by atoms with E-state index in [-0.39, 0.29) is 0 Å². The van der Waals surface area contributed by atoms with Crippen LogP contribution in [0.1, 0.15) is 32.6 Å². The molecule has 0 amide bonds. The molecule has 0 radical (unpaired) electrons. The van der Waals surface area contributed by atoms with E-state index in [9.17, 15) is 0 Å². The lowest BCUT2D eigenvalue weighted by atomic mass is 9.97. The predicted octanol–water partition coefficient (Wildman–Crippen LogP) is 1.22. The van der Waals surface area contributed by atoms with Gasteiger partial charge in [-0.1, -0.05) is 6.92 Å². The van der Waals surface area contributed by atoms with Crippen LogP contribution in [0.15, 0.2) is 0 Å². The summed E-state index contributed by atoms with van der Waals surface area (Å²) in [4.78, 5) is 2.54. The van der Waals surface area contributed by atoms with Gasteiger partial charge in [0.15, 0.2) is 0 Å². The summed E-state index contributed by atoms with van der Waals surface area (Å²) in [6.45, 7) is 6.72. The Hall–Kier alpha value is -0.120. The zero-order valence-corrected chi connectivity index (χ0v) is 9.82. The summed E-state index contributed by atoms with van der Waals surface area (Å²) < 4.78 is 5.73. The molecule has 15 heavy (non-hydrogen) atoms. The van der Waals surface area contributed by atoms with E-state index in [0.29, 0.717) is 12.1 Å². The van der Waals surface area contributed by atoms with Gasteiger partial charge in [0.05, 0.1) is 6.10 Å². The number of nitrogens with two attached hydrogens (primary N) is 1. The van der Waals surface area contributed by atoms with Crippen molar-refractivity contribution in [2.75, 3.05) is 26.2 Å². The SMILES string of the molecule is CCC1OCCC1CN1CCCC(N)C1. The smallest absolute Gasteiger partial charge is 0.0613 e. The zero-order valence-electron chi connectivity index (χ0n) is 9.82. The third-order valence-electron chi connectivity index (χ3n) is 3.78. The highest BCUT2D eigenvalue weighted by atomic mass is 16.5. The monoisotopic (exact) mass is 212 g/mol. The van der Waals surface area contributed by atoms with Crippen molar-refractivity contribution in [3.63, 3.8) is 0 Å². The maximum Gasteiger partial charge on any atom is 0.0613 e. The largest absolute Gasteiger partial charge is 0.378 e. The molecule has 2 aliphatic rings. The molecule has 0 aromatic carbocycles.